The highest BCUT2D eigenvalue weighted by molar-refractivity contribution is 4.85. The van der Waals surface area contributed by atoms with Crippen LogP contribution in [-0.2, 0) is 9.47 Å². The van der Waals surface area contributed by atoms with Crippen molar-refractivity contribution in [1.82, 2.24) is 5.32 Å². The molecule has 0 atom stereocenters. The first-order valence-electron chi connectivity index (χ1n) is 5.05. The molecule has 1 fully saturated rings. The van der Waals surface area contributed by atoms with Gasteiger partial charge in [0.1, 0.15) is 0 Å². The molecule has 0 aromatic heterocycles. The van der Waals surface area contributed by atoms with Crippen LogP contribution in [0.25, 0.3) is 0 Å². The minimum absolute atomic E-state index is 0.0164. The Morgan fingerprint density at radius 2 is 2.00 bits per heavy atom. The molecule has 3 heteroatoms. The van der Waals surface area contributed by atoms with Crippen LogP contribution >= 0.6 is 0 Å². The molecule has 1 saturated heterocycles. The molecule has 1 heterocycles. The molecule has 1 aliphatic rings. The first-order valence-corrected chi connectivity index (χ1v) is 5.05. The van der Waals surface area contributed by atoms with Crippen molar-refractivity contribution in [3.8, 4) is 0 Å². The summed E-state index contributed by atoms with van der Waals surface area (Å²) in [7, 11) is 1.80. The number of methoxy groups -OCH3 is 1. The molecule has 1 N–H and O–H groups in total. The van der Waals surface area contributed by atoms with Crippen LogP contribution in [0.4, 0.5) is 0 Å². The van der Waals surface area contributed by atoms with Crippen LogP contribution in [0.5, 0.6) is 0 Å². The molecule has 0 saturated carbocycles. The quantitative estimate of drug-likeness (QED) is 0.717. The normalized spacial score (nSPS) is 22.2. The van der Waals surface area contributed by atoms with Gasteiger partial charge in [0.2, 0.25) is 0 Å². The molecule has 0 bridgehead atoms. The smallest absolute Gasteiger partial charge is 0.0846 e. The average molecular weight is 187 g/mol. The zero-order valence-corrected chi connectivity index (χ0v) is 8.93. The zero-order chi connectivity index (χ0) is 9.73. The van der Waals surface area contributed by atoms with E-state index in [1.165, 1.54) is 0 Å². The Kier molecular flexibility index (Phi) is 4.16. The summed E-state index contributed by atoms with van der Waals surface area (Å²) in [5.41, 5.74) is 0.0164. The van der Waals surface area contributed by atoms with Gasteiger partial charge in [-0.25, -0.2) is 0 Å². The van der Waals surface area contributed by atoms with Gasteiger partial charge >= 0.3 is 0 Å². The van der Waals surface area contributed by atoms with E-state index in [-0.39, 0.29) is 5.60 Å². The molecular weight excluding hydrogens is 166 g/mol. The standard InChI is InChI=1S/C10H21NO2/c1-9(2)11-8-10(12-3)4-6-13-7-5-10/h9,11H,4-8H2,1-3H3. The van der Waals surface area contributed by atoms with Crippen molar-refractivity contribution in [2.45, 2.75) is 38.3 Å². The first-order chi connectivity index (χ1) is 6.18. The van der Waals surface area contributed by atoms with Gasteiger partial charge in [-0.2, -0.15) is 0 Å². The lowest BCUT2D eigenvalue weighted by Crippen LogP contribution is -2.48. The summed E-state index contributed by atoms with van der Waals surface area (Å²) >= 11 is 0. The van der Waals surface area contributed by atoms with Gasteiger partial charge in [-0.3, -0.25) is 0 Å². The third kappa shape index (κ3) is 3.25. The third-order valence-electron chi connectivity index (χ3n) is 2.67. The zero-order valence-electron chi connectivity index (χ0n) is 8.93. The van der Waals surface area contributed by atoms with Crippen LogP contribution in [0.2, 0.25) is 0 Å². The number of hydrogen-bond donors (Lipinski definition) is 1. The van der Waals surface area contributed by atoms with Crippen LogP contribution in [-0.4, -0.2) is 38.5 Å². The van der Waals surface area contributed by atoms with Crippen molar-refractivity contribution in [3.05, 3.63) is 0 Å². The van der Waals surface area contributed by atoms with E-state index in [0.717, 1.165) is 32.6 Å². The van der Waals surface area contributed by atoms with Crippen molar-refractivity contribution in [2.24, 2.45) is 0 Å². The fourth-order valence-corrected chi connectivity index (χ4v) is 1.59. The maximum absolute atomic E-state index is 5.59. The molecule has 13 heavy (non-hydrogen) atoms. The van der Waals surface area contributed by atoms with Gasteiger partial charge in [0.25, 0.3) is 0 Å². The average Bonchev–Trinajstić information content (AvgIpc) is 2.16. The first kappa shape index (κ1) is 11.0. The molecule has 78 valence electrons. The highest BCUT2D eigenvalue weighted by Gasteiger charge is 2.32. The number of ether oxygens (including phenoxy) is 2. The number of nitrogens with one attached hydrogen (secondary N) is 1. The van der Waals surface area contributed by atoms with Crippen molar-refractivity contribution in [2.75, 3.05) is 26.9 Å². The van der Waals surface area contributed by atoms with Crippen molar-refractivity contribution >= 4 is 0 Å². The minimum atomic E-state index is 0.0164. The highest BCUT2D eigenvalue weighted by atomic mass is 16.5. The van der Waals surface area contributed by atoms with Crippen LogP contribution in [0.1, 0.15) is 26.7 Å². The number of hydrogen-bond acceptors (Lipinski definition) is 3. The minimum Gasteiger partial charge on any atom is -0.381 e. The number of rotatable bonds is 4. The van der Waals surface area contributed by atoms with E-state index in [4.69, 9.17) is 9.47 Å². The lowest BCUT2D eigenvalue weighted by atomic mass is 9.94. The highest BCUT2D eigenvalue weighted by Crippen LogP contribution is 2.23. The summed E-state index contributed by atoms with van der Waals surface area (Å²) in [5, 5.41) is 3.43. The topological polar surface area (TPSA) is 30.5 Å². The van der Waals surface area contributed by atoms with Crippen LogP contribution in [0.15, 0.2) is 0 Å². The van der Waals surface area contributed by atoms with E-state index < -0.39 is 0 Å². The van der Waals surface area contributed by atoms with E-state index in [2.05, 4.69) is 19.2 Å². The predicted octanol–water partition coefficient (Wildman–Crippen LogP) is 1.18. The molecule has 0 aromatic rings. The summed E-state index contributed by atoms with van der Waals surface area (Å²) in [6.07, 6.45) is 2.01. The molecule has 0 spiro atoms. The molecule has 3 nitrogen and oxygen atoms in total. The largest absolute Gasteiger partial charge is 0.381 e. The van der Waals surface area contributed by atoms with E-state index in [1.54, 1.807) is 7.11 Å². The SMILES string of the molecule is COC1(CNC(C)C)CCOCC1. The fourth-order valence-electron chi connectivity index (χ4n) is 1.59. The van der Waals surface area contributed by atoms with E-state index in [0.29, 0.717) is 6.04 Å². The molecule has 1 rings (SSSR count). The van der Waals surface area contributed by atoms with E-state index in [9.17, 15) is 0 Å². The Hall–Kier alpha value is -0.120. The van der Waals surface area contributed by atoms with E-state index in [1.807, 2.05) is 0 Å². The second kappa shape index (κ2) is 4.94. The monoisotopic (exact) mass is 187 g/mol. The van der Waals surface area contributed by atoms with Crippen LogP contribution in [0.3, 0.4) is 0 Å². The van der Waals surface area contributed by atoms with Gasteiger partial charge in [0.15, 0.2) is 0 Å². The molecule has 0 amide bonds. The second-order valence-electron chi connectivity index (χ2n) is 4.04. The Bertz CT molecular complexity index is 142. The van der Waals surface area contributed by atoms with Gasteiger partial charge in [0.05, 0.1) is 5.60 Å². The summed E-state index contributed by atoms with van der Waals surface area (Å²) in [4.78, 5) is 0. The molecule has 1 aliphatic heterocycles. The molecule has 0 aromatic carbocycles. The lowest BCUT2D eigenvalue weighted by molar-refractivity contribution is -0.0882. The lowest BCUT2D eigenvalue weighted by Gasteiger charge is -2.36. The molecule has 0 unspecified atom stereocenters. The second-order valence-corrected chi connectivity index (χ2v) is 4.04. The van der Waals surface area contributed by atoms with Crippen molar-refractivity contribution in [1.29, 1.82) is 0 Å². The van der Waals surface area contributed by atoms with Gasteiger partial charge < -0.3 is 14.8 Å². The fraction of sp³-hybridized carbons (Fsp3) is 1.00. The maximum atomic E-state index is 5.59. The summed E-state index contributed by atoms with van der Waals surface area (Å²) in [6, 6.07) is 0.523. The Morgan fingerprint density at radius 1 is 1.38 bits per heavy atom. The van der Waals surface area contributed by atoms with Gasteiger partial charge in [-0.1, -0.05) is 13.8 Å². The Labute approximate surface area is 80.8 Å². The Balaban J connectivity index is 2.38. The van der Waals surface area contributed by atoms with Crippen molar-refractivity contribution < 1.29 is 9.47 Å². The summed E-state index contributed by atoms with van der Waals surface area (Å²) in [6.45, 7) is 6.90. The predicted molar refractivity (Wildman–Crippen MR) is 52.9 cm³/mol. The van der Waals surface area contributed by atoms with Crippen LogP contribution < -0.4 is 5.32 Å². The molecular formula is C10H21NO2. The maximum Gasteiger partial charge on any atom is 0.0846 e. The van der Waals surface area contributed by atoms with Crippen molar-refractivity contribution in [3.63, 3.8) is 0 Å². The molecule has 0 aliphatic carbocycles. The van der Waals surface area contributed by atoms with E-state index >= 15 is 0 Å². The van der Waals surface area contributed by atoms with Crippen LogP contribution in [0, 0.1) is 0 Å². The molecule has 0 radical (unpaired) electrons. The third-order valence-corrected chi connectivity index (χ3v) is 2.67. The Morgan fingerprint density at radius 3 is 2.46 bits per heavy atom. The summed E-state index contributed by atoms with van der Waals surface area (Å²) < 4.78 is 10.9. The summed E-state index contributed by atoms with van der Waals surface area (Å²) in [5.74, 6) is 0. The van der Waals surface area contributed by atoms with Gasteiger partial charge in [0, 0.05) is 45.8 Å². The van der Waals surface area contributed by atoms with Gasteiger partial charge in [-0.15, -0.1) is 0 Å². The van der Waals surface area contributed by atoms with Gasteiger partial charge in [-0.05, 0) is 0 Å².